The van der Waals surface area contributed by atoms with Crippen LogP contribution in [0.5, 0.6) is 11.5 Å². The van der Waals surface area contributed by atoms with Gasteiger partial charge in [0.2, 0.25) is 0 Å². The molecule has 136 valence electrons. The Bertz CT molecular complexity index is 509. The highest BCUT2D eigenvalue weighted by atomic mass is 16.5. The second-order valence-electron chi connectivity index (χ2n) is 6.66. The van der Waals surface area contributed by atoms with E-state index < -0.39 is 0 Å². The number of benzene rings is 1. The zero-order valence-electron chi connectivity index (χ0n) is 15.5. The van der Waals surface area contributed by atoms with Crippen molar-refractivity contribution in [1.29, 1.82) is 0 Å². The Hall–Kier alpha value is -1.30. The van der Waals surface area contributed by atoms with Crippen LogP contribution in [0.25, 0.3) is 0 Å². The topological polar surface area (TPSA) is 45.2 Å². The van der Waals surface area contributed by atoms with Crippen molar-refractivity contribution >= 4 is 0 Å². The minimum atomic E-state index is -0.00636. The Morgan fingerprint density at radius 1 is 1.29 bits per heavy atom. The fourth-order valence-electron chi connectivity index (χ4n) is 3.36. The van der Waals surface area contributed by atoms with Crippen LogP contribution in [0.3, 0.4) is 0 Å². The normalized spacial score (nSPS) is 20.8. The van der Waals surface area contributed by atoms with Gasteiger partial charge in [-0.1, -0.05) is 19.4 Å². The summed E-state index contributed by atoms with van der Waals surface area (Å²) in [6, 6.07) is 6.42. The van der Waals surface area contributed by atoms with E-state index in [1.54, 1.807) is 7.11 Å². The molecule has 1 saturated heterocycles. The van der Waals surface area contributed by atoms with Crippen molar-refractivity contribution in [3.63, 3.8) is 0 Å². The SMILES string of the molecule is CCCCOc1cc(C(CO)N2CCN(C)CC2C)ccc1OC. The van der Waals surface area contributed by atoms with Crippen LogP contribution in [-0.2, 0) is 0 Å². The van der Waals surface area contributed by atoms with E-state index in [1.807, 2.05) is 18.2 Å². The summed E-state index contributed by atoms with van der Waals surface area (Å²) in [5, 5.41) is 10.0. The Kier molecular flexibility index (Phi) is 7.34. The van der Waals surface area contributed by atoms with E-state index in [4.69, 9.17) is 9.47 Å². The molecule has 0 aromatic heterocycles. The largest absolute Gasteiger partial charge is 0.493 e. The third-order valence-corrected chi connectivity index (χ3v) is 4.78. The molecule has 1 N–H and O–H groups in total. The van der Waals surface area contributed by atoms with Crippen molar-refractivity contribution in [3.05, 3.63) is 23.8 Å². The molecule has 1 aliphatic rings. The summed E-state index contributed by atoms with van der Waals surface area (Å²) in [7, 11) is 3.81. The van der Waals surface area contributed by atoms with Gasteiger partial charge in [0, 0.05) is 25.7 Å². The van der Waals surface area contributed by atoms with E-state index in [1.165, 1.54) is 0 Å². The molecule has 0 bridgehead atoms. The van der Waals surface area contributed by atoms with Gasteiger partial charge in [0.25, 0.3) is 0 Å². The summed E-state index contributed by atoms with van der Waals surface area (Å²) in [4.78, 5) is 4.72. The maximum atomic E-state index is 10.0. The van der Waals surface area contributed by atoms with Gasteiger partial charge < -0.3 is 19.5 Å². The minimum Gasteiger partial charge on any atom is -0.493 e. The van der Waals surface area contributed by atoms with Crippen LogP contribution in [0.2, 0.25) is 0 Å². The quantitative estimate of drug-likeness (QED) is 0.739. The average molecular weight is 336 g/mol. The third-order valence-electron chi connectivity index (χ3n) is 4.78. The second kappa shape index (κ2) is 9.25. The number of hydrogen-bond acceptors (Lipinski definition) is 5. The lowest BCUT2D eigenvalue weighted by atomic mass is 10.0. The lowest BCUT2D eigenvalue weighted by molar-refractivity contribution is 0.0340. The molecule has 0 radical (unpaired) electrons. The molecule has 0 spiro atoms. The second-order valence-corrected chi connectivity index (χ2v) is 6.66. The average Bonchev–Trinajstić information content (AvgIpc) is 2.58. The van der Waals surface area contributed by atoms with Crippen molar-refractivity contribution in [2.75, 3.05) is 47.0 Å². The molecule has 1 heterocycles. The molecule has 0 amide bonds. The summed E-state index contributed by atoms with van der Waals surface area (Å²) in [5.74, 6) is 1.52. The Labute approximate surface area is 146 Å². The first-order chi connectivity index (χ1) is 11.6. The standard InChI is InChI=1S/C19H32N2O3/c1-5-6-11-24-19-12-16(7-8-18(19)23-4)17(14-22)21-10-9-20(3)13-15(21)2/h7-8,12,15,17,22H,5-6,9-11,13-14H2,1-4H3. The smallest absolute Gasteiger partial charge is 0.161 e. The Morgan fingerprint density at radius 3 is 2.71 bits per heavy atom. The fraction of sp³-hybridized carbons (Fsp3) is 0.684. The van der Waals surface area contributed by atoms with Gasteiger partial charge in [-0.2, -0.15) is 0 Å². The number of hydrogen-bond donors (Lipinski definition) is 1. The Balaban J connectivity index is 2.19. The molecule has 2 atom stereocenters. The van der Waals surface area contributed by atoms with E-state index in [2.05, 4.69) is 30.7 Å². The third kappa shape index (κ3) is 4.62. The molecule has 0 aliphatic carbocycles. The number of piperazine rings is 1. The number of likely N-dealkylation sites (N-methyl/N-ethyl adjacent to an activating group) is 1. The number of methoxy groups -OCH3 is 1. The molecule has 1 aromatic carbocycles. The predicted molar refractivity (Wildman–Crippen MR) is 96.9 cm³/mol. The first-order valence-corrected chi connectivity index (χ1v) is 8.96. The monoisotopic (exact) mass is 336 g/mol. The van der Waals surface area contributed by atoms with Crippen molar-refractivity contribution < 1.29 is 14.6 Å². The number of ether oxygens (including phenoxy) is 2. The van der Waals surface area contributed by atoms with Gasteiger partial charge in [-0.25, -0.2) is 0 Å². The zero-order chi connectivity index (χ0) is 17.5. The van der Waals surface area contributed by atoms with E-state index in [-0.39, 0.29) is 12.6 Å². The number of aliphatic hydroxyl groups excluding tert-OH is 1. The summed E-state index contributed by atoms with van der Waals surface area (Å²) in [6.07, 6.45) is 2.12. The van der Waals surface area contributed by atoms with Crippen molar-refractivity contribution in [2.24, 2.45) is 0 Å². The first kappa shape index (κ1) is 19.0. The van der Waals surface area contributed by atoms with Crippen molar-refractivity contribution in [3.8, 4) is 11.5 Å². The maximum absolute atomic E-state index is 10.0. The van der Waals surface area contributed by atoms with Crippen LogP contribution in [0.4, 0.5) is 0 Å². The fourth-order valence-corrected chi connectivity index (χ4v) is 3.36. The molecule has 0 saturated carbocycles. The maximum Gasteiger partial charge on any atom is 0.161 e. The van der Waals surface area contributed by atoms with Gasteiger partial charge in [-0.15, -0.1) is 0 Å². The van der Waals surface area contributed by atoms with E-state index in [0.29, 0.717) is 12.6 Å². The molecule has 2 rings (SSSR count). The number of aliphatic hydroxyl groups is 1. The van der Waals surface area contributed by atoms with Crippen molar-refractivity contribution in [2.45, 2.75) is 38.8 Å². The van der Waals surface area contributed by atoms with Crippen LogP contribution in [0.1, 0.15) is 38.3 Å². The molecular formula is C19H32N2O3. The van der Waals surface area contributed by atoms with Crippen LogP contribution in [-0.4, -0.2) is 68.0 Å². The van der Waals surface area contributed by atoms with Gasteiger partial charge in [-0.3, -0.25) is 4.90 Å². The first-order valence-electron chi connectivity index (χ1n) is 8.96. The minimum absolute atomic E-state index is 0.00636. The summed E-state index contributed by atoms with van der Waals surface area (Å²) >= 11 is 0. The van der Waals surface area contributed by atoms with E-state index >= 15 is 0 Å². The molecule has 5 heteroatoms. The van der Waals surface area contributed by atoms with Gasteiger partial charge in [0.05, 0.1) is 26.4 Å². The molecule has 1 aromatic rings. The molecule has 5 nitrogen and oxygen atoms in total. The molecule has 24 heavy (non-hydrogen) atoms. The lowest BCUT2D eigenvalue weighted by Crippen LogP contribution is -2.52. The molecule has 1 fully saturated rings. The van der Waals surface area contributed by atoms with E-state index in [9.17, 15) is 5.11 Å². The predicted octanol–water partition coefficient (Wildman–Crippen LogP) is 2.54. The number of nitrogens with zero attached hydrogens (tertiary/aromatic N) is 2. The highest BCUT2D eigenvalue weighted by Gasteiger charge is 2.29. The van der Waals surface area contributed by atoms with Crippen LogP contribution >= 0.6 is 0 Å². The Morgan fingerprint density at radius 2 is 2.08 bits per heavy atom. The van der Waals surface area contributed by atoms with Gasteiger partial charge in [0.1, 0.15) is 0 Å². The zero-order valence-corrected chi connectivity index (χ0v) is 15.5. The van der Waals surface area contributed by atoms with E-state index in [0.717, 1.165) is 49.5 Å². The van der Waals surface area contributed by atoms with Gasteiger partial charge >= 0.3 is 0 Å². The number of unbranched alkanes of at least 4 members (excludes halogenated alkanes) is 1. The molecule has 1 aliphatic heterocycles. The summed E-state index contributed by atoms with van der Waals surface area (Å²) < 4.78 is 11.3. The van der Waals surface area contributed by atoms with Gasteiger partial charge in [0.15, 0.2) is 11.5 Å². The highest BCUT2D eigenvalue weighted by molar-refractivity contribution is 5.44. The number of rotatable bonds is 8. The van der Waals surface area contributed by atoms with Crippen LogP contribution in [0.15, 0.2) is 18.2 Å². The molecular weight excluding hydrogens is 304 g/mol. The summed E-state index contributed by atoms with van der Waals surface area (Å²) in [5.41, 5.74) is 1.08. The van der Waals surface area contributed by atoms with Crippen LogP contribution in [0, 0.1) is 0 Å². The molecule has 2 unspecified atom stereocenters. The van der Waals surface area contributed by atoms with Crippen LogP contribution < -0.4 is 9.47 Å². The highest BCUT2D eigenvalue weighted by Crippen LogP contribution is 2.33. The van der Waals surface area contributed by atoms with Gasteiger partial charge in [-0.05, 0) is 38.1 Å². The summed E-state index contributed by atoms with van der Waals surface area (Å²) in [6.45, 7) is 8.16. The van der Waals surface area contributed by atoms with Crippen molar-refractivity contribution in [1.82, 2.24) is 9.80 Å². The lowest BCUT2D eigenvalue weighted by Gasteiger charge is -2.42.